The molecule has 4 aromatic carbocycles. The number of benzene rings is 4. The van der Waals surface area contributed by atoms with Gasteiger partial charge >= 0.3 is 0 Å². The van der Waals surface area contributed by atoms with Crippen LogP contribution in [0.2, 0.25) is 0 Å². The van der Waals surface area contributed by atoms with Gasteiger partial charge in [-0.05, 0) is 95.9 Å². The van der Waals surface area contributed by atoms with Crippen molar-refractivity contribution in [3.05, 3.63) is 96.6 Å². The first-order chi connectivity index (χ1) is 15.7. The fourth-order valence-corrected chi connectivity index (χ4v) is 4.78. The van der Waals surface area contributed by atoms with Crippen molar-refractivity contribution in [2.24, 2.45) is 0 Å². The van der Waals surface area contributed by atoms with Crippen LogP contribution in [0, 0.1) is 0 Å². The summed E-state index contributed by atoms with van der Waals surface area (Å²) in [5.41, 5.74) is 2.83. The van der Waals surface area contributed by atoms with Gasteiger partial charge in [-0.15, -0.1) is 0 Å². The number of hydrogen-bond donors (Lipinski definition) is 1. The Morgan fingerprint density at radius 2 is 1.44 bits per heavy atom. The lowest BCUT2D eigenvalue weighted by molar-refractivity contribution is 0.0984. The van der Waals surface area contributed by atoms with Crippen LogP contribution in [0.1, 0.15) is 36.0 Å². The molecule has 1 aliphatic carbocycles. The van der Waals surface area contributed by atoms with Crippen molar-refractivity contribution in [3.8, 4) is 16.9 Å². The molecule has 1 fully saturated rings. The molecule has 0 aliphatic heterocycles. The van der Waals surface area contributed by atoms with Gasteiger partial charge in [0, 0.05) is 10.5 Å². The molecule has 0 unspecified atom stereocenters. The number of fused-ring (bicyclic) bond motifs is 1. The minimum absolute atomic E-state index is 0.102. The van der Waals surface area contributed by atoms with E-state index in [1.807, 2.05) is 54.6 Å². The van der Waals surface area contributed by atoms with E-state index in [0.29, 0.717) is 11.7 Å². The average molecular weight is 440 g/mol. The van der Waals surface area contributed by atoms with Gasteiger partial charge in [0.1, 0.15) is 5.75 Å². The second-order valence-electron chi connectivity index (χ2n) is 8.17. The fourth-order valence-electron chi connectivity index (χ4n) is 4.13. The van der Waals surface area contributed by atoms with Crippen LogP contribution in [-0.4, -0.2) is 12.0 Å². The van der Waals surface area contributed by atoms with Crippen LogP contribution in [0.5, 0.6) is 5.75 Å². The highest BCUT2D eigenvalue weighted by atomic mass is 32.2. The van der Waals surface area contributed by atoms with Crippen LogP contribution >= 0.6 is 11.9 Å². The Balaban J connectivity index is 1.20. The van der Waals surface area contributed by atoms with Gasteiger partial charge in [-0.2, -0.15) is 0 Å². The molecule has 160 valence electrons. The van der Waals surface area contributed by atoms with E-state index < -0.39 is 0 Å². The zero-order chi connectivity index (χ0) is 21.8. The second-order valence-corrected chi connectivity index (χ2v) is 9.05. The number of carbonyl (C=O) groups is 1. The fraction of sp³-hybridized carbons (Fsp3) is 0.179. The summed E-state index contributed by atoms with van der Waals surface area (Å²) in [6, 6.07) is 30.3. The third-order valence-electron chi connectivity index (χ3n) is 5.92. The van der Waals surface area contributed by atoms with Crippen molar-refractivity contribution in [2.75, 3.05) is 0 Å². The Kier molecular flexibility index (Phi) is 6.13. The van der Waals surface area contributed by atoms with Gasteiger partial charge in [-0.1, -0.05) is 54.6 Å². The van der Waals surface area contributed by atoms with Crippen molar-refractivity contribution < 1.29 is 9.53 Å². The molecule has 4 heteroatoms. The quantitative estimate of drug-likeness (QED) is 0.321. The molecule has 0 atom stereocenters. The Morgan fingerprint density at radius 3 is 2.16 bits per heavy atom. The number of hydrogen-bond acceptors (Lipinski definition) is 3. The van der Waals surface area contributed by atoms with Crippen LogP contribution in [-0.2, 0) is 0 Å². The van der Waals surface area contributed by atoms with Gasteiger partial charge in [0.15, 0.2) is 0 Å². The molecule has 1 aliphatic rings. The standard InChI is InChI=1S/C28H25NO2S/c30-28(29-32-27-18-15-20-5-1-2-6-24(20)19-27)23-11-9-21(10-12-23)22-13-16-26(17-14-22)31-25-7-3-4-8-25/h1-2,5-6,9-19,25H,3-4,7-8H2,(H,29,30). The molecule has 0 radical (unpaired) electrons. The van der Waals surface area contributed by atoms with Crippen LogP contribution in [0.25, 0.3) is 21.9 Å². The van der Waals surface area contributed by atoms with Crippen molar-refractivity contribution >= 4 is 28.6 Å². The average Bonchev–Trinajstić information content (AvgIpc) is 3.36. The summed E-state index contributed by atoms with van der Waals surface area (Å²) >= 11 is 1.34. The molecule has 32 heavy (non-hydrogen) atoms. The first-order valence-corrected chi connectivity index (χ1v) is 11.9. The van der Waals surface area contributed by atoms with E-state index in [1.54, 1.807) is 0 Å². The summed E-state index contributed by atoms with van der Waals surface area (Å²) in [6.07, 6.45) is 5.22. The summed E-state index contributed by atoms with van der Waals surface area (Å²) in [5, 5.41) is 2.35. The number of ether oxygens (including phenoxy) is 1. The van der Waals surface area contributed by atoms with Crippen molar-refractivity contribution in [1.29, 1.82) is 0 Å². The largest absolute Gasteiger partial charge is 0.490 e. The molecule has 1 saturated carbocycles. The first kappa shape index (κ1) is 20.7. The maximum absolute atomic E-state index is 12.6. The minimum atomic E-state index is -0.102. The summed E-state index contributed by atoms with van der Waals surface area (Å²) in [6.45, 7) is 0. The van der Waals surface area contributed by atoms with E-state index in [0.717, 1.165) is 40.0 Å². The highest BCUT2D eigenvalue weighted by Crippen LogP contribution is 2.27. The van der Waals surface area contributed by atoms with Gasteiger partial charge in [0.25, 0.3) is 5.91 Å². The molecule has 0 bridgehead atoms. The molecular weight excluding hydrogens is 414 g/mol. The molecule has 5 rings (SSSR count). The van der Waals surface area contributed by atoms with Gasteiger partial charge in [-0.3, -0.25) is 9.52 Å². The summed E-state index contributed by atoms with van der Waals surface area (Å²) in [5.74, 6) is 0.831. The normalized spacial score (nSPS) is 13.9. The van der Waals surface area contributed by atoms with Crippen LogP contribution in [0.3, 0.4) is 0 Å². The number of carbonyl (C=O) groups excluding carboxylic acids is 1. The van der Waals surface area contributed by atoms with Crippen molar-refractivity contribution in [2.45, 2.75) is 36.7 Å². The highest BCUT2D eigenvalue weighted by Gasteiger charge is 2.16. The number of nitrogens with one attached hydrogen (secondary N) is 1. The Bertz CT molecular complexity index is 1210. The lowest BCUT2D eigenvalue weighted by atomic mass is 10.0. The predicted molar refractivity (Wildman–Crippen MR) is 132 cm³/mol. The van der Waals surface area contributed by atoms with Gasteiger partial charge in [-0.25, -0.2) is 0 Å². The Labute approximate surface area is 192 Å². The first-order valence-electron chi connectivity index (χ1n) is 11.1. The van der Waals surface area contributed by atoms with E-state index in [1.165, 1.54) is 30.2 Å². The van der Waals surface area contributed by atoms with E-state index in [9.17, 15) is 4.79 Å². The molecule has 3 nitrogen and oxygen atoms in total. The summed E-state index contributed by atoms with van der Waals surface area (Å²) < 4.78 is 8.99. The molecule has 0 aromatic heterocycles. The lowest BCUT2D eigenvalue weighted by Gasteiger charge is -2.13. The van der Waals surface area contributed by atoms with E-state index in [2.05, 4.69) is 41.1 Å². The van der Waals surface area contributed by atoms with E-state index in [-0.39, 0.29) is 5.91 Å². The predicted octanol–water partition coefficient (Wildman–Crippen LogP) is 7.27. The SMILES string of the molecule is O=C(NSc1ccc2ccccc2c1)c1ccc(-c2ccc(OC3CCCC3)cc2)cc1. The smallest absolute Gasteiger partial charge is 0.261 e. The molecule has 1 amide bonds. The van der Waals surface area contributed by atoms with E-state index >= 15 is 0 Å². The molecule has 0 saturated heterocycles. The van der Waals surface area contributed by atoms with Gasteiger partial charge in [0.05, 0.1) is 6.10 Å². The third kappa shape index (κ3) is 4.81. The zero-order valence-electron chi connectivity index (χ0n) is 17.8. The summed E-state index contributed by atoms with van der Waals surface area (Å²) in [7, 11) is 0. The van der Waals surface area contributed by atoms with Crippen molar-refractivity contribution in [3.63, 3.8) is 0 Å². The molecular formula is C28H25NO2S. The highest BCUT2D eigenvalue weighted by molar-refractivity contribution is 7.98. The lowest BCUT2D eigenvalue weighted by Crippen LogP contribution is -2.15. The third-order valence-corrected chi connectivity index (χ3v) is 6.70. The monoisotopic (exact) mass is 439 g/mol. The molecule has 1 N–H and O–H groups in total. The minimum Gasteiger partial charge on any atom is -0.490 e. The van der Waals surface area contributed by atoms with Crippen LogP contribution in [0.15, 0.2) is 95.9 Å². The zero-order valence-corrected chi connectivity index (χ0v) is 18.6. The second kappa shape index (κ2) is 9.49. The molecule has 0 spiro atoms. The molecule has 4 aromatic rings. The van der Waals surface area contributed by atoms with Crippen LogP contribution < -0.4 is 9.46 Å². The summed E-state index contributed by atoms with van der Waals surface area (Å²) in [4.78, 5) is 13.6. The Morgan fingerprint density at radius 1 is 0.781 bits per heavy atom. The number of amides is 1. The van der Waals surface area contributed by atoms with E-state index in [4.69, 9.17) is 4.74 Å². The Hall–Kier alpha value is -3.24. The maximum atomic E-state index is 12.6. The number of rotatable bonds is 6. The van der Waals surface area contributed by atoms with Gasteiger partial charge in [0.2, 0.25) is 0 Å². The molecule has 0 heterocycles. The van der Waals surface area contributed by atoms with Gasteiger partial charge < -0.3 is 4.74 Å². The van der Waals surface area contributed by atoms with Crippen molar-refractivity contribution in [1.82, 2.24) is 4.72 Å². The van der Waals surface area contributed by atoms with Crippen LogP contribution in [0.4, 0.5) is 0 Å². The topological polar surface area (TPSA) is 38.3 Å². The maximum Gasteiger partial charge on any atom is 0.261 e.